The predicted octanol–water partition coefficient (Wildman–Crippen LogP) is 17.0. The van der Waals surface area contributed by atoms with E-state index in [4.69, 9.17) is 0 Å². The minimum Gasteiger partial charge on any atom is -0.310 e. The summed E-state index contributed by atoms with van der Waals surface area (Å²) in [5, 5.41) is 5.24. The van der Waals surface area contributed by atoms with Crippen LogP contribution in [0.4, 0.5) is 17.1 Å². The summed E-state index contributed by atoms with van der Waals surface area (Å²) >= 11 is 1.89. The van der Waals surface area contributed by atoms with Crippen LogP contribution in [0.1, 0.15) is 0 Å². The van der Waals surface area contributed by atoms with E-state index in [0.29, 0.717) is 0 Å². The van der Waals surface area contributed by atoms with Gasteiger partial charge in [-0.1, -0.05) is 194 Å². The Balaban J connectivity index is 0.973. The number of anilines is 3. The maximum atomic E-state index is 2.38. The van der Waals surface area contributed by atoms with Gasteiger partial charge >= 0.3 is 0 Å². The maximum absolute atomic E-state index is 2.38. The molecule has 0 saturated carbocycles. The van der Waals surface area contributed by atoms with Gasteiger partial charge in [-0.3, -0.25) is 0 Å². The van der Waals surface area contributed by atoms with Crippen molar-refractivity contribution >= 4 is 59.3 Å². The van der Waals surface area contributed by atoms with Crippen molar-refractivity contribution in [3.63, 3.8) is 0 Å². The van der Waals surface area contributed by atoms with Crippen LogP contribution in [0.5, 0.6) is 0 Å². The van der Waals surface area contributed by atoms with Gasteiger partial charge in [0, 0.05) is 37.2 Å². The lowest BCUT2D eigenvalue weighted by atomic mass is 9.97. The summed E-state index contributed by atoms with van der Waals surface area (Å²) in [5.41, 5.74) is 15.4. The quantitative estimate of drug-likeness (QED) is 0.148. The van der Waals surface area contributed by atoms with Crippen molar-refractivity contribution in [2.75, 3.05) is 4.90 Å². The molecule has 11 aromatic rings. The van der Waals surface area contributed by atoms with Crippen LogP contribution >= 0.6 is 11.3 Å². The Hall–Kier alpha value is -7.52. The molecule has 0 atom stereocenters. The number of rotatable bonds is 8. The van der Waals surface area contributed by atoms with Crippen LogP contribution in [-0.4, -0.2) is 0 Å². The van der Waals surface area contributed by atoms with E-state index in [0.717, 1.165) is 17.1 Å². The highest BCUT2D eigenvalue weighted by Gasteiger charge is 2.17. The zero-order valence-corrected chi connectivity index (χ0v) is 33.7. The summed E-state index contributed by atoms with van der Waals surface area (Å²) in [7, 11) is 0. The zero-order chi connectivity index (χ0) is 39.8. The van der Waals surface area contributed by atoms with Crippen molar-refractivity contribution in [1.29, 1.82) is 0 Å². The molecule has 282 valence electrons. The lowest BCUT2D eigenvalue weighted by Gasteiger charge is -2.26. The SMILES string of the molecule is c1ccc(-c2ccc(-c3ccc(N(c4ccc(-c5cccc6sc7c8ccccc8ccc7c56)cc4)c4cccc(-c5ccc(-c6ccccc6)cc5)c4)cc3)cc2)cc1. The van der Waals surface area contributed by atoms with Gasteiger partial charge in [-0.05, 0) is 109 Å². The maximum Gasteiger partial charge on any atom is 0.0467 e. The summed E-state index contributed by atoms with van der Waals surface area (Å²) < 4.78 is 2.66. The average Bonchev–Trinajstić information content (AvgIpc) is 3.73. The number of fused-ring (bicyclic) bond motifs is 5. The first-order chi connectivity index (χ1) is 29.7. The van der Waals surface area contributed by atoms with Crippen LogP contribution in [0.25, 0.3) is 86.6 Å². The predicted molar refractivity (Wildman–Crippen MR) is 259 cm³/mol. The summed E-state index contributed by atoms with van der Waals surface area (Å²) in [4.78, 5) is 2.38. The molecule has 0 radical (unpaired) electrons. The average molecular weight is 782 g/mol. The summed E-state index contributed by atoms with van der Waals surface area (Å²) in [6, 6.07) is 85.9. The molecule has 0 spiro atoms. The molecule has 11 rings (SSSR count). The first-order valence-electron chi connectivity index (χ1n) is 20.5. The van der Waals surface area contributed by atoms with Crippen LogP contribution in [0, 0.1) is 0 Å². The van der Waals surface area contributed by atoms with E-state index in [2.05, 4.69) is 241 Å². The van der Waals surface area contributed by atoms with Gasteiger partial charge < -0.3 is 4.90 Å². The molecule has 1 nitrogen and oxygen atoms in total. The number of nitrogens with zero attached hydrogens (tertiary/aromatic N) is 1. The standard InChI is InChI=1S/C58H39NS/c1-3-11-40(12-4-1)42-21-23-44(24-22-42)45-29-34-50(35-30-45)59(52-17-9-16-49(39-52)46-27-25-43(26-28-46)41-13-5-2-6-14-41)51-36-31-48(32-37-51)53-19-10-20-56-57(53)55-38-33-47-15-7-8-18-54(47)58(55)60-56/h1-39H. The largest absolute Gasteiger partial charge is 0.310 e. The van der Waals surface area contributed by atoms with Crippen molar-refractivity contribution in [3.05, 3.63) is 237 Å². The number of benzene rings is 10. The lowest BCUT2D eigenvalue weighted by Crippen LogP contribution is -2.10. The van der Waals surface area contributed by atoms with Crippen LogP contribution < -0.4 is 4.90 Å². The second-order valence-electron chi connectivity index (χ2n) is 15.3. The lowest BCUT2D eigenvalue weighted by molar-refractivity contribution is 1.28. The van der Waals surface area contributed by atoms with E-state index in [9.17, 15) is 0 Å². The second-order valence-corrected chi connectivity index (χ2v) is 16.4. The van der Waals surface area contributed by atoms with Crippen molar-refractivity contribution in [1.82, 2.24) is 0 Å². The van der Waals surface area contributed by atoms with Gasteiger partial charge in [0.25, 0.3) is 0 Å². The Kier molecular flexibility index (Phi) is 9.11. The molecule has 0 fully saturated rings. The number of thiophene rings is 1. The van der Waals surface area contributed by atoms with E-state index >= 15 is 0 Å². The first-order valence-corrected chi connectivity index (χ1v) is 21.3. The Morgan fingerprint density at radius 1 is 0.283 bits per heavy atom. The third-order valence-corrected chi connectivity index (χ3v) is 12.9. The van der Waals surface area contributed by atoms with Crippen LogP contribution in [0.15, 0.2) is 237 Å². The van der Waals surface area contributed by atoms with Crippen molar-refractivity contribution in [3.8, 4) is 55.6 Å². The first kappa shape index (κ1) is 35.6. The highest BCUT2D eigenvalue weighted by Crippen LogP contribution is 2.44. The molecule has 0 saturated heterocycles. The Morgan fingerprint density at radius 2 is 0.750 bits per heavy atom. The molecule has 0 amide bonds. The molecule has 0 aliphatic heterocycles. The molecular formula is C58H39NS. The van der Waals surface area contributed by atoms with Crippen molar-refractivity contribution in [2.45, 2.75) is 0 Å². The number of hydrogen-bond donors (Lipinski definition) is 0. The van der Waals surface area contributed by atoms with Gasteiger partial charge in [0.1, 0.15) is 0 Å². The molecule has 0 unspecified atom stereocenters. The smallest absolute Gasteiger partial charge is 0.0467 e. The van der Waals surface area contributed by atoms with Crippen LogP contribution in [0.3, 0.4) is 0 Å². The molecule has 0 aliphatic carbocycles. The molecule has 0 N–H and O–H groups in total. The highest BCUT2D eigenvalue weighted by molar-refractivity contribution is 7.26. The third-order valence-electron chi connectivity index (χ3n) is 11.7. The molecule has 1 heterocycles. The fraction of sp³-hybridized carbons (Fsp3) is 0. The van der Waals surface area contributed by atoms with E-state index in [1.165, 1.54) is 86.6 Å². The van der Waals surface area contributed by atoms with E-state index in [-0.39, 0.29) is 0 Å². The Bertz CT molecular complexity index is 3260. The molecular weight excluding hydrogens is 743 g/mol. The monoisotopic (exact) mass is 781 g/mol. The van der Waals surface area contributed by atoms with Gasteiger partial charge in [-0.15, -0.1) is 11.3 Å². The fourth-order valence-corrected chi connectivity index (χ4v) is 9.89. The van der Waals surface area contributed by atoms with E-state index < -0.39 is 0 Å². The topological polar surface area (TPSA) is 3.24 Å². The molecule has 10 aromatic carbocycles. The van der Waals surface area contributed by atoms with E-state index in [1.54, 1.807) is 0 Å². The van der Waals surface area contributed by atoms with Crippen LogP contribution in [0.2, 0.25) is 0 Å². The fourth-order valence-electron chi connectivity index (χ4n) is 8.63. The second kappa shape index (κ2) is 15.3. The summed E-state index contributed by atoms with van der Waals surface area (Å²) in [6.45, 7) is 0. The minimum atomic E-state index is 1.10. The van der Waals surface area contributed by atoms with Gasteiger partial charge in [0.2, 0.25) is 0 Å². The number of hydrogen-bond acceptors (Lipinski definition) is 2. The van der Waals surface area contributed by atoms with Gasteiger partial charge in [-0.2, -0.15) is 0 Å². The summed E-state index contributed by atoms with van der Waals surface area (Å²) in [5.74, 6) is 0. The third kappa shape index (κ3) is 6.63. The molecule has 0 aliphatic rings. The highest BCUT2D eigenvalue weighted by atomic mass is 32.1. The van der Waals surface area contributed by atoms with Gasteiger partial charge in [0.05, 0.1) is 0 Å². The Morgan fingerprint density at radius 3 is 1.35 bits per heavy atom. The zero-order valence-electron chi connectivity index (χ0n) is 32.9. The minimum absolute atomic E-state index is 1.10. The van der Waals surface area contributed by atoms with Gasteiger partial charge in [-0.25, -0.2) is 0 Å². The summed E-state index contributed by atoms with van der Waals surface area (Å²) in [6.07, 6.45) is 0. The molecule has 60 heavy (non-hydrogen) atoms. The Labute approximate surface area is 354 Å². The van der Waals surface area contributed by atoms with Crippen molar-refractivity contribution < 1.29 is 0 Å². The van der Waals surface area contributed by atoms with Crippen LogP contribution in [-0.2, 0) is 0 Å². The van der Waals surface area contributed by atoms with Crippen molar-refractivity contribution in [2.24, 2.45) is 0 Å². The van der Waals surface area contributed by atoms with Gasteiger partial charge in [0.15, 0.2) is 0 Å². The van der Waals surface area contributed by atoms with E-state index in [1.807, 2.05) is 11.3 Å². The molecule has 0 bridgehead atoms. The molecule has 2 heteroatoms. The normalized spacial score (nSPS) is 11.3. The molecule has 1 aromatic heterocycles.